The highest BCUT2D eigenvalue weighted by Crippen LogP contribution is 2.35. The minimum Gasteiger partial charge on any atom is -0.493 e. The molecule has 0 bridgehead atoms. The Morgan fingerprint density at radius 1 is 1.06 bits per heavy atom. The van der Waals surface area contributed by atoms with Gasteiger partial charge in [0.05, 0.1) is 14.2 Å². The van der Waals surface area contributed by atoms with Gasteiger partial charge >= 0.3 is 5.97 Å². The molecule has 2 rings (SSSR count). The molecular weight excluding hydrogens is 442 g/mol. The third kappa shape index (κ3) is 7.18. The Balaban J connectivity index is 2.24. The number of amides is 1. The quantitative estimate of drug-likeness (QED) is 0.483. The Hall–Kier alpha value is -2.71. The maximum absolute atomic E-state index is 13.0. The number of carboxylic acids is 1. The second-order valence-electron chi connectivity index (χ2n) is 6.66. The number of ether oxygens (including phenoxy) is 2. The number of nitrogens with one attached hydrogen (secondary N) is 1. The zero-order chi connectivity index (χ0) is 23.0. The van der Waals surface area contributed by atoms with Crippen LogP contribution in [0.3, 0.4) is 0 Å². The van der Waals surface area contributed by atoms with Gasteiger partial charge in [-0.2, -0.15) is 11.8 Å². The second kappa shape index (κ2) is 11.6. The molecule has 0 heterocycles. The number of rotatable bonds is 11. The zero-order valence-electron chi connectivity index (χ0n) is 17.4. The van der Waals surface area contributed by atoms with Crippen LogP contribution in [0, 0.1) is 0 Å². The molecule has 7 nitrogen and oxygen atoms in total. The number of hydrogen-bond acceptors (Lipinski definition) is 6. The second-order valence-corrected chi connectivity index (χ2v) is 8.33. The molecule has 0 unspecified atom stereocenters. The Bertz CT molecular complexity index is 934. The van der Waals surface area contributed by atoms with Gasteiger partial charge in [-0.1, -0.05) is 23.7 Å². The fourth-order valence-corrected chi connectivity index (χ4v) is 4.27. The monoisotopic (exact) mass is 465 g/mol. The minimum atomic E-state index is -1.14. The van der Waals surface area contributed by atoms with Gasteiger partial charge in [-0.25, -0.2) is 4.79 Å². The highest BCUT2D eigenvalue weighted by atomic mass is 35.5. The number of halogens is 1. The number of ketones is 1. The lowest BCUT2D eigenvalue weighted by atomic mass is 10.0. The van der Waals surface area contributed by atoms with E-state index in [0.717, 1.165) is 5.56 Å². The average molecular weight is 466 g/mol. The van der Waals surface area contributed by atoms with Gasteiger partial charge in [-0.05, 0) is 35.9 Å². The summed E-state index contributed by atoms with van der Waals surface area (Å²) >= 11 is 7.27. The molecule has 0 aliphatic rings. The third-order valence-electron chi connectivity index (χ3n) is 4.46. The van der Waals surface area contributed by atoms with Gasteiger partial charge in [0.15, 0.2) is 17.3 Å². The summed E-state index contributed by atoms with van der Waals surface area (Å²) in [4.78, 5) is 35.8. The standard InChI is InChI=1S/C22H24ClNO6S/c1-13(25)24-17(22(27)28)12-31-21(14-4-7-16(23)8-5-14)11-18(26)15-6-9-19(29-2)20(10-15)30-3/h4-10,17,21H,11-12H2,1-3H3,(H,24,25)(H,27,28)/t17-,21-/m0/s1. The molecule has 0 saturated heterocycles. The van der Waals surface area contributed by atoms with Crippen molar-refractivity contribution in [3.05, 3.63) is 58.6 Å². The highest BCUT2D eigenvalue weighted by molar-refractivity contribution is 7.99. The van der Waals surface area contributed by atoms with Crippen LogP contribution in [0.4, 0.5) is 0 Å². The summed E-state index contributed by atoms with van der Waals surface area (Å²) in [6.45, 7) is 1.26. The number of Topliss-reactive ketones (excluding diaryl/α,β-unsaturated/α-hetero) is 1. The van der Waals surface area contributed by atoms with E-state index in [1.165, 1.54) is 32.9 Å². The fourth-order valence-electron chi connectivity index (χ4n) is 2.88. The van der Waals surface area contributed by atoms with E-state index < -0.39 is 17.9 Å². The van der Waals surface area contributed by atoms with Gasteiger partial charge in [0.2, 0.25) is 5.91 Å². The van der Waals surface area contributed by atoms with Crippen molar-refractivity contribution in [2.75, 3.05) is 20.0 Å². The summed E-state index contributed by atoms with van der Waals surface area (Å²) in [5, 5.41) is 12.0. The fraction of sp³-hybridized carbons (Fsp3) is 0.318. The van der Waals surface area contributed by atoms with Gasteiger partial charge in [0.25, 0.3) is 0 Å². The molecule has 1 amide bonds. The maximum atomic E-state index is 13.0. The van der Waals surface area contributed by atoms with E-state index in [1.54, 1.807) is 42.5 Å². The number of hydrogen-bond donors (Lipinski definition) is 2. The normalized spacial score (nSPS) is 12.5. The SMILES string of the molecule is COc1ccc(C(=O)C[C@H](SC[C@H](NC(C)=O)C(=O)O)c2ccc(Cl)cc2)cc1OC. The first-order valence-corrected chi connectivity index (χ1v) is 10.8. The van der Waals surface area contributed by atoms with Gasteiger partial charge in [0, 0.05) is 34.9 Å². The zero-order valence-corrected chi connectivity index (χ0v) is 19.0. The average Bonchev–Trinajstić information content (AvgIpc) is 2.75. The van der Waals surface area contributed by atoms with Crippen molar-refractivity contribution < 1.29 is 29.0 Å². The van der Waals surface area contributed by atoms with Crippen LogP contribution < -0.4 is 14.8 Å². The molecule has 2 aromatic rings. The van der Waals surface area contributed by atoms with E-state index in [4.69, 9.17) is 21.1 Å². The van der Waals surface area contributed by atoms with Crippen molar-refractivity contribution in [1.29, 1.82) is 0 Å². The van der Waals surface area contributed by atoms with Crippen LogP contribution in [-0.2, 0) is 9.59 Å². The first-order valence-electron chi connectivity index (χ1n) is 9.37. The molecule has 9 heteroatoms. The van der Waals surface area contributed by atoms with Crippen molar-refractivity contribution in [3.8, 4) is 11.5 Å². The molecular formula is C22H24ClNO6S. The number of carbonyl (C=O) groups excluding carboxylic acids is 2. The third-order valence-corrected chi connectivity index (χ3v) is 6.08. The van der Waals surface area contributed by atoms with E-state index in [9.17, 15) is 19.5 Å². The van der Waals surface area contributed by atoms with Crippen molar-refractivity contribution in [2.24, 2.45) is 0 Å². The minimum absolute atomic E-state index is 0.0986. The van der Waals surface area contributed by atoms with Gasteiger partial charge in [0.1, 0.15) is 6.04 Å². The predicted octanol–water partition coefficient (Wildman–Crippen LogP) is 3.99. The van der Waals surface area contributed by atoms with Crippen LogP contribution in [0.25, 0.3) is 0 Å². The lowest BCUT2D eigenvalue weighted by Gasteiger charge is -2.20. The van der Waals surface area contributed by atoms with Gasteiger partial charge in [-0.15, -0.1) is 0 Å². The summed E-state index contributed by atoms with van der Waals surface area (Å²) < 4.78 is 10.5. The largest absolute Gasteiger partial charge is 0.493 e. The molecule has 2 aromatic carbocycles. The Kier molecular flexibility index (Phi) is 9.21. The summed E-state index contributed by atoms with van der Waals surface area (Å²) in [5.74, 6) is -0.648. The topological polar surface area (TPSA) is 102 Å². The molecule has 0 fully saturated rings. The number of methoxy groups -OCH3 is 2. The van der Waals surface area contributed by atoms with E-state index in [-0.39, 0.29) is 23.2 Å². The van der Waals surface area contributed by atoms with Crippen LogP contribution in [-0.4, -0.2) is 48.8 Å². The van der Waals surface area contributed by atoms with E-state index >= 15 is 0 Å². The highest BCUT2D eigenvalue weighted by Gasteiger charge is 2.24. The first-order chi connectivity index (χ1) is 14.7. The van der Waals surface area contributed by atoms with Gasteiger partial charge in [-0.3, -0.25) is 9.59 Å². The van der Waals surface area contributed by atoms with Crippen LogP contribution in [0.15, 0.2) is 42.5 Å². The van der Waals surface area contributed by atoms with E-state index in [2.05, 4.69) is 5.32 Å². The lowest BCUT2D eigenvalue weighted by Crippen LogP contribution is -2.41. The summed E-state index contributed by atoms with van der Waals surface area (Å²) in [7, 11) is 3.01. The van der Waals surface area contributed by atoms with Crippen LogP contribution in [0.5, 0.6) is 11.5 Å². The first kappa shape index (κ1) is 24.6. The summed E-state index contributed by atoms with van der Waals surface area (Å²) in [5.41, 5.74) is 1.28. The van der Waals surface area contributed by atoms with Crippen molar-refractivity contribution in [2.45, 2.75) is 24.6 Å². The molecule has 0 radical (unpaired) electrons. The van der Waals surface area contributed by atoms with Crippen LogP contribution in [0.2, 0.25) is 5.02 Å². The van der Waals surface area contributed by atoms with E-state index in [1.807, 2.05) is 0 Å². The molecule has 0 aliphatic heterocycles. The van der Waals surface area contributed by atoms with Crippen LogP contribution >= 0.6 is 23.4 Å². The molecule has 0 saturated carbocycles. The summed E-state index contributed by atoms with van der Waals surface area (Å²) in [6.07, 6.45) is 0.119. The Labute approximate surface area is 190 Å². The molecule has 2 atom stereocenters. The maximum Gasteiger partial charge on any atom is 0.327 e. The van der Waals surface area contributed by atoms with E-state index in [0.29, 0.717) is 22.1 Å². The van der Waals surface area contributed by atoms with Crippen molar-refractivity contribution in [3.63, 3.8) is 0 Å². The van der Waals surface area contributed by atoms with Crippen molar-refractivity contribution >= 4 is 41.0 Å². The van der Waals surface area contributed by atoms with Gasteiger partial charge < -0.3 is 19.9 Å². The molecule has 0 spiro atoms. The smallest absolute Gasteiger partial charge is 0.327 e. The molecule has 2 N–H and O–H groups in total. The number of carbonyl (C=O) groups is 3. The Morgan fingerprint density at radius 3 is 2.26 bits per heavy atom. The molecule has 166 valence electrons. The molecule has 0 aromatic heterocycles. The summed E-state index contributed by atoms with van der Waals surface area (Å²) in [6, 6.07) is 10.9. The number of thioether (sulfide) groups is 1. The Morgan fingerprint density at radius 2 is 1.71 bits per heavy atom. The number of carboxylic acid groups (broad SMARTS) is 1. The molecule has 0 aliphatic carbocycles. The van der Waals surface area contributed by atoms with Crippen LogP contribution in [0.1, 0.15) is 34.5 Å². The number of aliphatic carboxylic acids is 1. The van der Waals surface area contributed by atoms with Crippen molar-refractivity contribution in [1.82, 2.24) is 5.32 Å². The lowest BCUT2D eigenvalue weighted by molar-refractivity contribution is -0.140. The predicted molar refractivity (Wildman–Crippen MR) is 120 cm³/mol. The number of benzene rings is 2. The molecule has 31 heavy (non-hydrogen) atoms.